The topological polar surface area (TPSA) is 105 Å². The van der Waals surface area contributed by atoms with Crippen LogP contribution >= 0.6 is 0 Å². The van der Waals surface area contributed by atoms with Crippen LogP contribution < -0.4 is 10.1 Å². The number of Topliss-reactive ketones (excluding diaryl/α,β-unsaturated/α-hetero) is 1. The maximum atomic E-state index is 12.1. The summed E-state index contributed by atoms with van der Waals surface area (Å²) in [5.74, 6) is -0.936. The maximum absolute atomic E-state index is 12.1. The summed E-state index contributed by atoms with van der Waals surface area (Å²) in [4.78, 5) is 23.6. The number of aliphatic hydroxyl groups excluding tert-OH is 1. The molecule has 1 aromatic carbocycles. The van der Waals surface area contributed by atoms with E-state index < -0.39 is 18.1 Å². The first kappa shape index (κ1) is 17.9. The van der Waals surface area contributed by atoms with Crippen LogP contribution in [-0.2, 0) is 9.53 Å². The van der Waals surface area contributed by atoms with Crippen molar-refractivity contribution < 1.29 is 29.3 Å². The number of hydrogen-bond donors (Lipinski definition) is 3. The monoisotopic (exact) mass is 311 g/mol. The summed E-state index contributed by atoms with van der Waals surface area (Å²) in [6, 6.07) is 4.20. The minimum Gasteiger partial charge on any atom is -0.507 e. The average molecular weight is 311 g/mol. The number of amides is 1. The molecule has 122 valence electrons. The van der Waals surface area contributed by atoms with E-state index in [-0.39, 0.29) is 17.1 Å². The van der Waals surface area contributed by atoms with Gasteiger partial charge in [0, 0.05) is 13.2 Å². The molecular formula is C15H21NO6. The van der Waals surface area contributed by atoms with Gasteiger partial charge in [0.05, 0.1) is 18.8 Å². The van der Waals surface area contributed by atoms with E-state index in [1.807, 2.05) is 0 Å². The standard InChI is InChI=1S/C15H21NO6/c1-10(18)15(2,9-17)16-14(20)12-5-4-11(8-13(12)19)22-7-6-21-3/h4-5,8,17,19H,6-7,9H2,1-3H3,(H,16,20). The van der Waals surface area contributed by atoms with E-state index in [9.17, 15) is 19.8 Å². The molecule has 7 nitrogen and oxygen atoms in total. The number of phenols is 1. The highest BCUT2D eigenvalue weighted by molar-refractivity contribution is 6.01. The lowest BCUT2D eigenvalue weighted by Gasteiger charge is -2.25. The predicted molar refractivity (Wildman–Crippen MR) is 79.1 cm³/mol. The minimum atomic E-state index is -1.39. The van der Waals surface area contributed by atoms with Crippen molar-refractivity contribution in [3.05, 3.63) is 23.8 Å². The molecule has 1 atom stereocenters. The van der Waals surface area contributed by atoms with Crippen LogP contribution in [0.5, 0.6) is 11.5 Å². The first-order chi connectivity index (χ1) is 10.3. The Bertz CT molecular complexity index is 545. The van der Waals surface area contributed by atoms with Gasteiger partial charge in [-0.25, -0.2) is 0 Å². The number of rotatable bonds is 8. The lowest BCUT2D eigenvalue weighted by atomic mass is 9.98. The Morgan fingerprint density at radius 3 is 2.50 bits per heavy atom. The van der Waals surface area contributed by atoms with E-state index in [2.05, 4.69) is 5.32 Å². The number of ketones is 1. The Morgan fingerprint density at radius 1 is 1.32 bits per heavy atom. The molecule has 7 heteroatoms. The van der Waals surface area contributed by atoms with Crippen molar-refractivity contribution in [3.63, 3.8) is 0 Å². The summed E-state index contributed by atoms with van der Waals surface area (Å²) < 4.78 is 10.1. The average Bonchev–Trinajstić information content (AvgIpc) is 2.47. The molecule has 0 bridgehead atoms. The van der Waals surface area contributed by atoms with Gasteiger partial charge in [-0.1, -0.05) is 0 Å². The maximum Gasteiger partial charge on any atom is 0.255 e. The van der Waals surface area contributed by atoms with E-state index >= 15 is 0 Å². The zero-order valence-electron chi connectivity index (χ0n) is 12.9. The molecule has 0 saturated heterocycles. The number of hydrogen-bond acceptors (Lipinski definition) is 6. The van der Waals surface area contributed by atoms with Crippen molar-refractivity contribution in [2.75, 3.05) is 26.9 Å². The second-order valence-corrected chi connectivity index (χ2v) is 5.02. The van der Waals surface area contributed by atoms with Gasteiger partial charge in [0.2, 0.25) is 0 Å². The van der Waals surface area contributed by atoms with Gasteiger partial charge >= 0.3 is 0 Å². The molecule has 22 heavy (non-hydrogen) atoms. The number of carbonyl (C=O) groups is 2. The Kier molecular flexibility index (Phi) is 6.33. The molecule has 0 radical (unpaired) electrons. The van der Waals surface area contributed by atoms with Crippen LogP contribution in [0, 0.1) is 0 Å². The Balaban J connectivity index is 2.84. The smallest absolute Gasteiger partial charge is 0.255 e. The van der Waals surface area contributed by atoms with Gasteiger partial charge in [-0.3, -0.25) is 9.59 Å². The van der Waals surface area contributed by atoms with Gasteiger partial charge in [0.15, 0.2) is 5.78 Å². The number of aromatic hydroxyl groups is 1. The minimum absolute atomic E-state index is 0.0139. The van der Waals surface area contributed by atoms with E-state index in [0.717, 1.165) is 0 Å². The fourth-order valence-corrected chi connectivity index (χ4v) is 1.59. The molecule has 1 amide bonds. The van der Waals surface area contributed by atoms with Gasteiger partial charge < -0.3 is 25.0 Å². The molecule has 0 spiro atoms. The van der Waals surface area contributed by atoms with Crippen molar-refractivity contribution in [2.45, 2.75) is 19.4 Å². The van der Waals surface area contributed by atoms with Gasteiger partial charge in [-0.15, -0.1) is 0 Å². The summed E-state index contributed by atoms with van der Waals surface area (Å²) in [6.07, 6.45) is 0. The summed E-state index contributed by atoms with van der Waals surface area (Å²) in [5, 5.41) is 21.6. The van der Waals surface area contributed by atoms with Crippen molar-refractivity contribution in [1.82, 2.24) is 5.32 Å². The number of methoxy groups -OCH3 is 1. The van der Waals surface area contributed by atoms with E-state index in [1.165, 1.54) is 32.0 Å². The van der Waals surface area contributed by atoms with E-state index in [4.69, 9.17) is 9.47 Å². The molecule has 3 N–H and O–H groups in total. The van der Waals surface area contributed by atoms with Gasteiger partial charge in [0.1, 0.15) is 23.6 Å². The summed E-state index contributed by atoms with van der Waals surface area (Å²) >= 11 is 0. The number of carbonyl (C=O) groups excluding carboxylic acids is 2. The lowest BCUT2D eigenvalue weighted by molar-refractivity contribution is -0.123. The first-order valence-electron chi connectivity index (χ1n) is 6.73. The molecule has 0 aliphatic heterocycles. The summed E-state index contributed by atoms with van der Waals surface area (Å²) in [7, 11) is 1.54. The third kappa shape index (κ3) is 4.44. The Morgan fingerprint density at radius 2 is 2.00 bits per heavy atom. The second kappa shape index (κ2) is 7.77. The third-order valence-electron chi connectivity index (χ3n) is 3.25. The van der Waals surface area contributed by atoms with Crippen LogP contribution in [0.4, 0.5) is 0 Å². The Labute approximate surface area is 128 Å². The van der Waals surface area contributed by atoms with Crippen molar-refractivity contribution in [3.8, 4) is 11.5 Å². The zero-order chi connectivity index (χ0) is 16.8. The largest absolute Gasteiger partial charge is 0.507 e. The number of ether oxygens (including phenoxy) is 2. The number of aliphatic hydroxyl groups is 1. The third-order valence-corrected chi connectivity index (χ3v) is 3.25. The molecule has 0 aliphatic rings. The molecule has 1 rings (SSSR count). The first-order valence-corrected chi connectivity index (χ1v) is 6.73. The van der Waals surface area contributed by atoms with Crippen molar-refractivity contribution in [2.24, 2.45) is 0 Å². The molecule has 0 aromatic heterocycles. The number of phenolic OH excluding ortho intramolecular Hbond substituents is 1. The highest BCUT2D eigenvalue weighted by atomic mass is 16.5. The van der Waals surface area contributed by atoms with Gasteiger partial charge in [-0.2, -0.15) is 0 Å². The van der Waals surface area contributed by atoms with Crippen molar-refractivity contribution in [1.29, 1.82) is 0 Å². The molecule has 0 heterocycles. The molecule has 1 unspecified atom stereocenters. The summed E-state index contributed by atoms with van der Waals surface area (Å²) in [6.45, 7) is 2.85. The van der Waals surface area contributed by atoms with Crippen LogP contribution in [0.15, 0.2) is 18.2 Å². The lowest BCUT2D eigenvalue weighted by Crippen LogP contribution is -2.54. The van der Waals surface area contributed by atoms with E-state index in [1.54, 1.807) is 7.11 Å². The quantitative estimate of drug-likeness (QED) is 0.603. The molecular weight excluding hydrogens is 290 g/mol. The van der Waals surface area contributed by atoms with Gasteiger partial charge in [-0.05, 0) is 26.0 Å². The molecule has 1 aromatic rings. The van der Waals surface area contributed by atoms with Gasteiger partial charge in [0.25, 0.3) is 5.91 Å². The summed E-state index contributed by atoms with van der Waals surface area (Å²) in [5.41, 5.74) is -1.41. The SMILES string of the molecule is COCCOc1ccc(C(=O)NC(C)(CO)C(C)=O)c(O)c1. The van der Waals surface area contributed by atoms with Crippen LogP contribution in [0.3, 0.4) is 0 Å². The fraction of sp³-hybridized carbons (Fsp3) is 0.467. The number of benzene rings is 1. The highest BCUT2D eigenvalue weighted by Crippen LogP contribution is 2.24. The van der Waals surface area contributed by atoms with Crippen LogP contribution in [0.25, 0.3) is 0 Å². The number of nitrogens with one attached hydrogen (secondary N) is 1. The molecule has 0 fully saturated rings. The van der Waals surface area contributed by atoms with Crippen molar-refractivity contribution >= 4 is 11.7 Å². The van der Waals surface area contributed by atoms with Crippen LogP contribution in [0.2, 0.25) is 0 Å². The Hall–Kier alpha value is -2.12. The second-order valence-electron chi connectivity index (χ2n) is 5.02. The molecule has 0 saturated carbocycles. The predicted octanol–water partition coefficient (Wildman–Crippen LogP) is 0.487. The van der Waals surface area contributed by atoms with E-state index in [0.29, 0.717) is 19.0 Å². The fourth-order valence-electron chi connectivity index (χ4n) is 1.59. The normalized spacial score (nSPS) is 13.3. The highest BCUT2D eigenvalue weighted by Gasteiger charge is 2.31. The zero-order valence-corrected chi connectivity index (χ0v) is 12.9. The molecule has 0 aliphatic carbocycles. The van der Waals surface area contributed by atoms with Crippen LogP contribution in [0.1, 0.15) is 24.2 Å². The van der Waals surface area contributed by atoms with Crippen LogP contribution in [-0.4, -0.2) is 54.4 Å².